The van der Waals surface area contributed by atoms with E-state index >= 15 is 0 Å². The maximum Gasteiger partial charge on any atom is 0.262 e. The molecule has 3 aromatic carbocycles. The Balaban J connectivity index is 1.52. The Bertz CT molecular complexity index is 1280. The second kappa shape index (κ2) is 7.22. The van der Waals surface area contributed by atoms with Crippen LogP contribution in [0, 0.1) is 0 Å². The molecule has 0 unspecified atom stereocenters. The number of hydrogen-bond acceptors (Lipinski definition) is 4. The number of carbonyl (C=O) groups is 2. The van der Waals surface area contributed by atoms with Gasteiger partial charge in [0.25, 0.3) is 5.91 Å². The molecule has 0 saturated carbocycles. The van der Waals surface area contributed by atoms with Crippen LogP contribution in [-0.2, 0) is 16.0 Å². The van der Waals surface area contributed by atoms with Crippen LogP contribution < -0.4 is 15.0 Å². The van der Waals surface area contributed by atoms with Gasteiger partial charge >= 0.3 is 0 Å². The summed E-state index contributed by atoms with van der Waals surface area (Å²) in [7, 11) is 1.56. The number of hydrogen-bond donors (Lipinski definition) is 1. The van der Waals surface area contributed by atoms with Gasteiger partial charge in [0.15, 0.2) is 6.10 Å². The van der Waals surface area contributed by atoms with E-state index in [0.717, 1.165) is 27.3 Å². The molecule has 30 heavy (non-hydrogen) atoms. The van der Waals surface area contributed by atoms with Crippen molar-refractivity contribution in [1.82, 2.24) is 5.32 Å². The summed E-state index contributed by atoms with van der Waals surface area (Å²) in [5.41, 5.74) is 2.25. The first-order chi connectivity index (χ1) is 14.7. The Morgan fingerprint density at radius 2 is 1.87 bits per heavy atom. The predicted octanol–water partition coefficient (Wildman–Crippen LogP) is 3.67. The maximum atomic E-state index is 13.4. The summed E-state index contributed by atoms with van der Waals surface area (Å²) in [6.45, 7) is 0.159. The van der Waals surface area contributed by atoms with Crippen molar-refractivity contribution in [3.8, 4) is 5.75 Å². The average molecular weight is 400 g/mol. The highest BCUT2D eigenvalue weighted by molar-refractivity contribution is 6.09. The van der Waals surface area contributed by atoms with E-state index in [0.29, 0.717) is 11.4 Å². The smallest absolute Gasteiger partial charge is 0.262 e. The molecule has 1 aliphatic rings. The number of para-hydroxylation sites is 2. The molecular weight excluding hydrogens is 380 g/mol. The number of anilines is 1. The predicted molar refractivity (Wildman–Crippen MR) is 115 cm³/mol. The van der Waals surface area contributed by atoms with Crippen LogP contribution in [-0.4, -0.2) is 31.5 Å². The molecule has 2 amide bonds. The molecule has 6 heteroatoms. The topological polar surface area (TPSA) is 71.8 Å². The van der Waals surface area contributed by atoms with Crippen molar-refractivity contribution in [2.45, 2.75) is 12.5 Å². The van der Waals surface area contributed by atoms with Crippen LogP contribution in [0.5, 0.6) is 5.75 Å². The molecule has 0 bridgehead atoms. The lowest BCUT2D eigenvalue weighted by Crippen LogP contribution is -2.50. The molecule has 0 spiro atoms. The summed E-state index contributed by atoms with van der Waals surface area (Å²) in [5.74, 6) is 0.144. The standard InChI is InChI=1S/C24H20N2O4/c1-25-24(28)21-13-26(18-8-4-5-9-19(18)30-21)22(27)12-16-14-29-20-11-10-15-6-2-3-7-17(15)23(16)20/h2-11,14,21H,12-13H2,1H3,(H,25,28)/t21-/m0/s1. The number of benzene rings is 3. The highest BCUT2D eigenvalue weighted by Crippen LogP contribution is 2.35. The number of amides is 2. The molecule has 1 aliphatic heterocycles. The van der Waals surface area contributed by atoms with Crippen LogP contribution in [0.15, 0.2) is 71.3 Å². The van der Waals surface area contributed by atoms with Crippen LogP contribution in [0.4, 0.5) is 5.69 Å². The Hall–Kier alpha value is -3.80. The number of fused-ring (bicyclic) bond motifs is 4. The van der Waals surface area contributed by atoms with E-state index in [-0.39, 0.29) is 24.8 Å². The zero-order chi connectivity index (χ0) is 20.7. The first-order valence-electron chi connectivity index (χ1n) is 9.81. The molecule has 1 atom stereocenters. The van der Waals surface area contributed by atoms with Gasteiger partial charge < -0.3 is 19.4 Å². The molecule has 2 heterocycles. The molecule has 0 aliphatic carbocycles. The Kier molecular flexibility index (Phi) is 4.39. The SMILES string of the molecule is CNC(=O)[C@@H]1CN(C(=O)Cc2coc3ccc4ccccc4c23)c2ccccc2O1. The van der Waals surface area contributed by atoms with Gasteiger partial charge in [-0.1, -0.05) is 42.5 Å². The molecule has 0 saturated heterocycles. The Morgan fingerprint density at radius 1 is 1.07 bits per heavy atom. The van der Waals surface area contributed by atoms with Crippen molar-refractivity contribution in [3.05, 3.63) is 72.5 Å². The second-order valence-electron chi connectivity index (χ2n) is 7.29. The first kappa shape index (κ1) is 18.2. The maximum absolute atomic E-state index is 13.4. The Morgan fingerprint density at radius 3 is 2.73 bits per heavy atom. The normalized spacial score (nSPS) is 15.6. The monoisotopic (exact) mass is 400 g/mol. The van der Waals surface area contributed by atoms with E-state index in [1.165, 1.54) is 0 Å². The van der Waals surface area contributed by atoms with Gasteiger partial charge in [-0.2, -0.15) is 0 Å². The number of nitrogens with zero attached hydrogens (tertiary/aromatic N) is 1. The summed E-state index contributed by atoms with van der Waals surface area (Å²) in [6.07, 6.45) is 1.06. The van der Waals surface area contributed by atoms with Crippen LogP contribution in [0.2, 0.25) is 0 Å². The number of carbonyl (C=O) groups excluding carboxylic acids is 2. The molecule has 0 fully saturated rings. The molecular formula is C24H20N2O4. The minimum atomic E-state index is -0.754. The van der Waals surface area contributed by atoms with Crippen LogP contribution in [0.25, 0.3) is 21.7 Å². The number of ether oxygens (including phenoxy) is 1. The highest BCUT2D eigenvalue weighted by atomic mass is 16.5. The minimum absolute atomic E-state index is 0.115. The van der Waals surface area contributed by atoms with Crippen LogP contribution in [0.1, 0.15) is 5.56 Å². The average Bonchev–Trinajstić information content (AvgIpc) is 3.20. The van der Waals surface area contributed by atoms with E-state index in [2.05, 4.69) is 5.32 Å². The quantitative estimate of drug-likeness (QED) is 0.570. The fourth-order valence-electron chi connectivity index (χ4n) is 4.03. The van der Waals surface area contributed by atoms with Gasteiger partial charge in [-0.25, -0.2) is 0 Å². The number of nitrogens with one attached hydrogen (secondary N) is 1. The summed E-state index contributed by atoms with van der Waals surface area (Å²) in [5, 5.41) is 5.69. The first-order valence-corrected chi connectivity index (χ1v) is 9.81. The van der Waals surface area contributed by atoms with Gasteiger partial charge in [0.1, 0.15) is 11.3 Å². The van der Waals surface area contributed by atoms with E-state index < -0.39 is 6.10 Å². The van der Waals surface area contributed by atoms with Gasteiger partial charge in [-0.05, 0) is 29.0 Å². The van der Waals surface area contributed by atoms with Gasteiger partial charge in [0.05, 0.1) is 24.9 Å². The van der Waals surface area contributed by atoms with Crippen molar-refractivity contribution < 1.29 is 18.7 Å². The summed E-state index contributed by atoms with van der Waals surface area (Å²) in [4.78, 5) is 27.2. The third kappa shape index (κ3) is 2.97. The van der Waals surface area contributed by atoms with E-state index in [1.54, 1.807) is 24.3 Å². The Labute approximate surface area is 173 Å². The van der Waals surface area contributed by atoms with Crippen molar-refractivity contribution in [2.24, 2.45) is 0 Å². The number of likely N-dealkylation sites (N-methyl/N-ethyl adjacent to an activating group) is 1. The third-order valence-corrected chi connectivity index (χ3v) is 5.50. The molecule has 0 radical (unpaired) electrons. The summed E-state index contributed by atoms with van der Waals surface area (Å²) in [6, 6.07) is 19.3. The molecule has 4 aromatic rings. The summed E-state index contributed by atoms with van der Waals surface area (Å²) < 4.78 is 11.5. The zero-order valence-electron chi connectivity index (χ0n) is 16.4. The number of rotatable bonds is 3. The van der Waals surface area contributed by atoms with Gasteiger partial charge in [-0.3, -0.25) is 9.59 Å². The van der Waals surface area contributed by atoms with Crippen LogP contribution in [0.3, 0.4) is 0 Å². The van der Waals surface area contributed by atoms with Gasteiger partial charge in [0.2, 0.25) is 5.91 Å². The van der Waals surface area contributed by atoms with Gasteiger partial charge in [0, 0.05) is 18.0 Å². The lowest BCUT2D eigenvalue weighted by atomic mass is 10.0. The van der Waals surface area contributed by atoms with Gasteiger partial charge in [-0.15, -0.1) is 0 Å². The fourth-order valence-corrected chi connectivity index (χ4v) is 4.03. The molecule has 1 aromatic heterocycles. The lowest BCUT2D eigenvalue weighted by molar-refractivity contribution is -0.127. The third-order valence-electron chi connectivity index (χ3n) is 5.50. The zero-order valence-corrected chi connectivity index (χ0v) is 16.4. The van der Waals surface area contributed by atoms with Crippen molar-refractivity contribution in [2.75, 3.05) is 18.5 Å². The highest BCUT2D eigenvalue weighted by Gasteiger charge is 2.33. The molecule has 150 valence electrons. The van der Waals surface area contributed by atoms with E-state index in [4.69, 9.17) is 9.15 Å². The molecule has 1 N–H and O–H groups in total. The lowest BCUT2D eigenvalue weighted by Gasteiger charge is -2.34. The van der Waals surface area contributed by atoms with Crippen molar-refractivity contribution in [3.63, 3.8) is 0 Å². The fraction of sp³-hybridized carbons (Fsp3) is 0.167. The molecule has 6 nitrogen and oxygen atoms in total. The largest absolute Gasteiger partial charge is 0.477 e. The second-order valence-corrected chi connectivity index (χ2v) is 7.29. The van der Waals surface area contributed by atoms with Crippen molar-refractivity contribution >= 4 is 39.2 Å². The summed E-state index contributed by atoms with van der Waals surface area (Å²) >= 11 is 0. The number of furan rings is 1. The molecule has 5 rings (SSSR count). The minimum Gasteiger partial charge on any atom is -0.477 e. The van der Waals surface area contributed by atoms with Crippen molar-refractivity contribution in [1.29, 1.82) is 0 Å². The van der Waals surface area contributed by atoms with E-state index in [9.17, 15) is 9.59 Å². The van der Waals surface area contributed by atoms with E-state index in [1.807, 2.05) is 54.6 Å². The van der Waals surface area contributed by atoms with Crippen LogP contribution >= 0.6 is 0 Å².